The molecule has 0 spiro atoms. The Kier molecular flexibility index (Phi) is 7.52. The lowest BCUT2D eigenvalue weighted by Gasteiger charge is -2.16. The molecule has 7 heteroatoms. The van der Waals surface area contributed by atoms with Gasteiger partial charge in [-0.3, -0.25) is 0 Å². The third-order valence-electron chi connectivity index (χ3n) is 3.56. The quantitative estimate of drug-likeness (QED) is 0.579. The number of hydrogen-bond donors (Lipinski definition) is 1. The SMILES string of the molecule is COc1cc(C(O)/C=C(\I)COc2ccc(F)cc2)cc(OC)c1OC. The zero-order valence-electron chi connectivity index (χ0n) is 14.7. The van der Waals surface area contributed by atoms with E-state index in [1.54, 1.807) is 30.3 Å². The van der Waals surface area contributed by atoms with Crippen molar-refractivity contribution in [3.8, 4) is 23.0 Å². The van der Waals surface area contributed by atoms with Crippen LogP contribution in [-0.2, 0) is 0 Å². The fourth-order valence-corrected chi connectivity index (χ4v) is 2.77. The molecule has 0 aliphatic carbocycles. The van der Waals surface area contributed by atoms with Gasteiger partial charge in [0.15, 0.2) is 11.5 Å². The Balaban J connectivity index is 2.13. The standard InChI is InChI=1S/C19H20FIO5/c1-23-17-8-12(9-18(24-2)19(17)25-3)16(22)10-14(21)11-26-15-6-4-13(20)5-7-15/h4-10,16,22H,11H2,1-3H3/b14-10-. The molecular weight excluding hydrogens is 454 g/mol. The molecule has 0 aromatic heterocycles. The molecule has 0 fully saturated rings. The molecule has 0 bridgehead atoms. The minimum absolute atomic E-state index is 0.258. The molecule has 2 aromatic rings. The molecule has 140 valence electrons. The van der Waals surface area contributed by atoms with Crippen LogP contribution in [-0.4, -0.2) is 33.0 Å². The first-order valence-electron chi connectivity index (χ1n) is 7.71. The van der Waals surface area contributed by atoms with E-state index in [2.05, 4.69) is 22.6 Å². The monoisotopic (exact) mass is 474 g/mol. The van der Waals surface area contributed by atoms with E-state index in [0.29, 0.717) is 28.6 Å². The van der Waals surface area contributed by atoms with Gasteiger partial charge in [-0.25, -0.2) is 4.39 Å². The lowest BCUT2D eigenvalue weighted by atomic mass is 10.1. The maximum Gasteiger partial charge on any atom is 0.203 e. The number of hydrogen-bond acceptors (Lipinski definition) is 5. The van der Waals surface area contributed by atoms with Crippen LogP contribution in [0, 0.1) is 5.82 Å². The molecule has 0 radical (unpaired) electrons. The molecule has 0 amide bonds. The third kappa shape index (κ3) is 5.25. The minimum atomic E-state index is -0.882. The minimum Gasteiger partial charge on any atom is -0.493 e. The van der Waals surface area contributed by atoms with Gasteiger partial charge < -0.3 is 24.1 Å². The fraction of sp³-hybridized carbons (Fsp3) is 0.263. The van der Waals surface area contributed by atoms with Crippen LogP contribution in [0.4, 0.5) is 4.39 Å². The van der Waals surface area contributed by atoms with E-state index in [1.165, 1.54) is 33.5 Å². The maximum absolute atomic E-state index is 12.9. The van der Waals surface area contributed by atoms with E-state index >= 15 is 0 Å². The average molecular weight is 474 g/mol. The van der Waals surface area contributed by atoms with E-state index < -0.39 is 6.10 Å². The van der Waals surface area contributed by atoms with Gasteiger partial charge in [0.1, 0.15) is 18.2 Å². The first-order chi connectivity index (χ1) is 12.5. The van der Waals surface area contributed by atoms with Crippen LogP contribution in [0.1, 0.15) is 11.7 Å². The molecule has 2 rings (SSSR count). The molecule has 5 nitrogen and oxygen atoms in total. The molecule has 1 unspecified atom stereocenters. The topological polar surface area (TPSA) is 57.2 Å². The summed E-state index contributed by atoms with van der Waals surface area (Å²) in [7, 11) is 4.55. The van der Waals surface area contributed by atoms with Gasteiger partial charge in [0, 0.05) is 3.58 Å². The van der Waals surface area contributed by atoms with E-state index in [4.69, 9.17) is 18.9 Å². The van der Waals surface area contributed by atoms with Gasteiger partial charge in [0.25, 0.3) is 0 Å². The normalized spacial score (nSPS) is 12.5. The summed E-state index contributed by atoms with van der Waals surface area (Å²) in [5.41, 5.74) is 0.593. The van der Waals surface area contributed by atoms with Gasteiger partial charge in [-0.2, -0.15) is 0 Å². The van der Waals surface area contributed by atoms with Crippen molar-refractivity contribution in [1.29, 1.82) is 0 Å². The molecule has 0 saturated heterocycles. The van der Waals surface area contributed by atoms with Crippen LogP contribution in [0.2, 0.25) is 0 Å². The van der Waals surface area contributed by atoms with Gasteiger partial charge in [0.2, 0.25) is 5.75 Å². The Morgan fingerprint density at radius 3 is 2.15 bits per heavy atom. The van der Waals surface area contributed by atoms with Crippen molar-refractivity contribution in [2.45, 2.75) is 6.10 Å². The molecule has 0 saturated carbocycles. The van der Waals surface area contributed by atoms with Crippen LogP contribution in [0.3, 0.4) is 0 Å². The van der Waals surface area contributed by atoms with Crippen molar-refractivity contribution in [3.63, 3.8) is 0 Å². The lowest BCUT2D eigenvalue weighted by molar-refractivity contribution is 0.225. The Morgan fingerprint density at radius 2 is 1.65 bits per heavy atom. The van der Waals surface area contributed by atoms with Crippen molar-refractivity contribution in [1.82, 2.24) is 0 Å². The van der Waals surface area contributed by atoms with Crippen molar-refractivity contribution in [3.05, 3.63) is 57.4 Å². The Morgan fingerprint density at radius 1 is 1.08 bits per heavy atom. The van der Waals surface area contributed by atoms with Gasteiger partial charge in [-0.1, -0.05) is 0 Å². The largest absolute Gasteiger partial charge is 0.493 e. The Bertz CT molecular complexity index is 736. The molecular formula is C19H20FIO5. The highest BCUT2D eigenvalue weighted by Crippen LogP contribution is 2.40. The van der Waals surface area contributed by atoms with Crippen molar-refractivity contribution >= 4 is 22.6 Å². The number of benzene rings is 2. The predicted octanol–water partition coefficient (Wildman–Crippen LogP) is 4.28. The average Bonchev–Trinajstić information content (AvgIpc) is 2.66. The number of halogens is 2. The zero-order chi connectivity index (χ0) is 19.1. The highest BCUT2D eigenvalue weighted by Gasteiger charge is 2.16. The molecule has 2 aromatic carbocycles. The molecule has 0 heterocycles. The first-order valence-corrected chi connectivity index (χ1v) is 8.79. The lowest BCUT2D eigenvalue weighted by Crippen LogP contribution is -2.02. The van der Waals surface area contributed by atoms with Gasteiger partial charge in [0.05, 0.1) is 27.4 Å². The number of aliphatic hydroxyl groups is 1. The summed E-state index contributed by atoms with van der Waals surface area (Å²) in [6.07, 6.45) is 0.775. The summed E-state index contributed by atoms with van der Waals surface area (Å²) < 4.78 is 35.1. The molecule has 1 atom stereocenters. The van der Waals surface area contributed by atoms with E-state index in [9.17, 15) is 9.50 Å². The maximum atomic E-state index is 12.9. The second-order valence-electron chi connectivity index (χ2n) is 5.26. The molecule has 26 heavy (non-hydrogen) atoms. The van der Waals surface area contributed by atoms with E-state index in [1.807, 2.05) is 0 Å². The van der Waals surface area contributed by atoms with Crippen LogP contribution in [0.25, 0.3) is 0 Å². The predicted molar refractivity (Wildman–Crippen MR) is 105 cm³/mol. The number of methoxy groups -OCH3 is 3. The Labute approximate surface area is 165 Å². The zero-order valence-corrected chi connectivity index (χ0v) is 16.8. The summed E-state index contributed by atoms with van der Waals surface area (Å²) in [6.45, 7) is 0.258. The van der Waals surface area contributed by atoms with E-state index in [-0.39, 0.29) is 12.4 Å². The fourth-order valence-electron chi connectivity index (χ4n) is 2.27. The summed E-state index contributed by atoms with van der Waals surface area (Å²) in [4.78, 5) is 0. The number of ether oxygens (including phenoxy) is 4. The van der Waals surface area contributed by atoms with Crippen LogP contribution in [0.5, 0.6) is 23.0 Å². The Hall–Kier alpha value is -2.00. The number of aliphatic hydroxyl groups excluding tert-OH is 1. The van der Waals surface area contributed by atoms with Crippen molar-refractivity contribution < 1.29 is 28.4 Å². The summed E-state index contributed by atoms with van der Waals surface area (Å²) >= 11 is 2.08. The van der Waals surface area contributed by atoms with Crippen LogP contribution >= 0.6 is 22.6 Å². The summed E-state index contributed by atoms with van der Waals surface area (Å²) in [5.74, 6) is 1.62. The smallest absolute Gasteiger partial charge is 0.203 e. The second-order valence-corrected chi connectivity index (χ2v) is 6.65. The van der Waals surface area contributed by atoms with E-state index in [0.717, 1.165) is 3.58 Å². The van der Waals surface area contributed by atoms with Crippen LogP contribution < -0.4 is 18.9 Å². The highest BCUT2D eigenvalue weighted by atomic mass is 127. The van der Waals surface area contributed by atoms with Crippen molar-refractivity contribution in [2.24, 2.45) is 0 Å². The van der Waals surface area contributed by atoms with Gasteiger partial charge in [-0.05, 0) is 70.6 Å². The second kappa shape index (κ2) is 9.63. The third-order valence-corrected chi connectivity index (χ3v) is 4.23. The first kappa shape index (κ1) is 20.3. The van der Waals surface area contributed by atoms with Crippen LogP contribution in [0.15, 0.2) is 46.1 Å². The van der Waals surface area contributed by atoms with Gasteiger partial charge in [-0.15, -0.1) is 0 Å². The molecule has 0 aliphatic rings. The van der Waals surface area contributed by atoms with Crippen molar-refractivity contribution in [2.75, 3.05) is 27.9 Å². The highest BCUT2D eigenvalue weighted by molar-refractivity contribution is 14.1. The number of rotatable bonds is 8. The summed E-state index contributed by atoms with van der Waals surface area (Å²) in [6, 6.07) is 9.14. The molecule has 0 aliphatic heterocycles. The summed E-state index contributed by atoms with van der Waals surface area (Å²) in [5, 5.41) is 10.5. The molecule has 1 N–H and O–H groups in total. The van der Waals surface area contributed by atoms with Gasteiger partial charge >= 0.3 is 0 Å².